The highest BCUT2D eigenvalue weighted by Gasteiger charge is 2.59. The van der Waals surface area contributed by atoms with Crippen molar-refractivity contribution in [1.29, 1.82) is 0 Å². The van der Waals surface area contributed by atoms with Gasteiger partial charge in [-0.15, -0.1) is 0 Å². The number of fused-ring (bicyclic) bond motifs is 5. The molecule has 4 aliphatic carbocycles. The molecule has 0 unspecified atom stereocenters. The van der Waals surface area contributed by atoms with E-state index in [9.17, 15) is 9.90 Å². The van der Waals surface area contributed by atoms with Crippen LogP contribution in [0.4, 0.5) is 0 Å². The van der Waals surface area contributed by atoms with E-state index < -0.39 is 0 Å². The van der Waals surface area contributed by atoms with E-state index in [-0.39, 0.29) is 11.5 Å². The molecule has 23 heavy (non-hydrogen) atoms. The molecular formula is C21H32O2. The Labute approximate surface area is 140 Å². The summed E-state index contributed by atoms with van der Waals surface area (Å²) in [5.74, 6) is 3.00. The summed E-state index contributed by atoms with van der Waals surface area (Å²) in [6, 6.07) is 0. The molecule has 0 aromatic carbocycles. The van der Waals surface area contributed by atoms with Crippen molar-refractivity contribution in [2.24, 2.45) is 34.5 Å². The van der Waals surface area contributed by atoms with Crippen molar-refractivity contribution in [3.8, 4) is 0 Å². The molecule has 4 rings (SSSR count). The van der Waals surface area contributed by atoms with Gasteiger partial charge in [-0.25, -0.2) is 0 Å². The Morgan fingerprint density at radius 1 is 1.13 bits per heavy atom. The number of aliphatic hydroxyl groups is 1. The number of aliphatic hydroxyl groups excluding tert-OH is 1. The van der Waals surface area contributed by atoms with Gasteiger partial charge in [-0.1, -0.05) is 25.5 Å². The lowest BCUT2D eigenvalue weighted by molar-refractivity contribution is -0.127. The molecule has 0 radical (unpaired) electrons. The van der Waals surface area contributed by atoms with E-state index >= 15 is 0 Å². The number of allylic oxidation sites excluding steroid dienone is 1. The van der Waals surface area contributed by atoms with Crippen LogP contribution in [-0.2, 0) is 4.79 Å². The number of ketones is 1. The minimum absolute atomic E-state index is 0.117. The van der Waals surface area contributed by atoms with Crippen molar-refractivity contribution in [2.45, 2.75) is 78.2 Å². The first-order valence-corrected chi connectivity index (χ1v) is 9.74. The molecule has 4 aliphatic rings. The van der Waals surface area contributed by atoms with E-state index in [0.717, 1.165) is 43.4 Å². The summed E-state index contributed by atoms with van der Waals surface area (Å²) in [7, 11) is 0. The number of hydrogen-bond acceptors (Lipinski definition) is 2. The molecule has 0 aromatic heterocycles. The first-order chi connectivity index (χ1) is 10.9. The van der Waals surface area contributed by atoms with Crippen molar-refractivity contribution < 1.29 is 9.90 Å². The van der Waals surface area contributed by atoms with Crippen molar-refractivity contribution in [2.75, 3.05) is 0 Å². The van der Waals surface area contributed by atoms with Crippen molar-refractivity contribution in [1.82, 2.24) is 0 Å². The molecule has 7 atom stereocenters. The minimum atomic E-state index is -0.117. The molecule has 2 heteroatoms. The van der Waals surface area contributed by atoms with Gasteiger partial charge in [-0.05, 0) is 86.9 Å². The molecule has 0 amide bonds. The minimum Gasteiger partial charge on any atom is -0.393 e. The van der Waals surface area contributed by atoms with Crippen LogP contribution in [0.1, 0.15) is 72.1 Å². The van der Waals surface area contributed by atoms with Gasteiger partial charge in [0.1, 0.15) is 5.78 Å². The van der Waals surface area contributed by atoms with Crippen LogP contribution in [0.2, 0.25) is 0 Å². The molecule has 0 aliphatic heterocycles. The molecule has 0 spiro atoms. The van der Waals surface area contributed by atoms with Gasteiger partial charge in [0.05, 0.1) is 6.10 Å². The predicted molar refractivity (Wildman–Crippen MR) is 91.9 cm³/mol. The topological polar surface area (TPSA) is 37.3 Å². The molecule has 0 saturated heterocycles. The fraction of sp³-hybridized carbons (Fsp3) is 0.857. The van der Waals surface area contributed by atoms with E-state index in [0.29, 0.717) is 17.1 Å². The molecule has 128 valence electrons. The van der Waals surface area contributed by atoms with Crippen LogP contribution in [-0.4, -0.2) is 17.0 Å². The maximum atomic E-state index is 12.2. The number of carbonyl (C=O) groups excluding carboxylic acids is 1. The second kappa shape index (κ2) is 5.18. The van der Waals surface area contributed by atoms with Gasteiger partial charge in [0.15, 0.2) is 0 Å². The fourth-order valence-corrected chi connectivity index (χ4v) is 7.31. The molecule has 0 aromatic rings. The summed E-state index contributed by atoms with van der Waals surface area (Å²) in [5, 5.41) is 10.1. The summed E-state index contributed by atoms with van der Waals surface area (Å²) >= 11 is 0. The quantitative estimate of drug-likeness (QED) is 0.722. The maximum Gasteiger partial charge on any atom is 0.133 e. The highest BCUT2D eigenvalue weighted by atomic mass is 16.3. The first kappa shape index (κ1) is 15.9. The van der Waals surface area contributed by atoms with Crippen LogP contribution < -0.4 is 0 Å². The maximum absolute atomic E-state index is 12.2. The van der Waals surface area contributed by atoms with E-state index in [1.165, 1.54) is 25.7 Å². The van der Waals surface area contributed by atoms with Gasteiger partial charge >= 0.3 is 0 Å². The van der Waals surface area contributed by atoms with Crippen LogP contribution >= 0.6 is 0 Å². The molecule has 3 fully saturated rings. The zero-order chi connectivity index (χ0) is 16.4. The average Bonchev–Trinajstić information content (AvgIpc) is 2.85. The van der Waals surface area contributed by atoms with Gasteiger partial charge in [-0.3, -0.25) is 4.79 Å². The third-order valence-electron chi connectivity index (χ3n) is 8.57. The van der Waals surface area contributed by atoms with Crippen LogP contribution in [0, 0.1) is 34.5 Å². The zero-order valence-electron chi connectivity index (χ0n) is 15.0. The summed E-state index contributed by atoms with van der Waals surface area (Å²) in [4.78, 5) is 12.2. The summed E-state index contributed by atoms with van der Waals surface area (Å²) in [5.41, 5.74) is 2.11. The van der Waals surface area contributed by atoms with Gasteiger partial charge in [0, 0.05) is 5.92 Å². The SMILES string of the molecule is CC(=O)[C@H]1CC[C@@H]2[C@H]3CC=C4C[C@@H](O)CC[C@]4(C)[C@@H]3CC[C@]12C. The van der Waals surface area contributed by atoms with E-state index in [4.69, 9.17) is 0 Å². The Hall–Kier alpha value is -0.630. The van der Waals surface area contributed by atoms with Crippen molar-refractivity contribution in [3.05, 3.63) is 11.6 Å². The number of hydrogen-bond donors (Lipinski definition) is 1. The Morgan fingerprint density at radius 2 is 1.91 bits per heavy atom. The predicted octanol–water partition coefficient (Wildman–Crippen LogP) is 4.52. The Morgan fingerprint density at radius 3 is 2.65 bits per heavy atom. The normalized spacial score (nSPS) is 52.2. The Bertz CT molecular complexity index is 550. The lowest BCUT2D eigenvalue weighted by atomic mass is 9.47. The fourth-order valence-electron chi connectivity index (χ4n) is 7.31. The molecule has 3 saturated carbocycles. The van der Waals surface area contributed by atoms with Gasteiger partial charge in [0.2, 0.25) is 0 Å². The summed E-state index contributed by atoms with van der Waals surface area (Å²) in [6.07, 6.45) is 11.5. The first-order valence-electron chi connectivity index (χ1n) is 9.74. The van der Waals surface area contributed by atoms with E-state index in [1.807, 2.05) is 6.92 Å². The molecule has 2 nitrogen and oxygen atoms in total. The second-order valence-corrected chi connectivity index (χ2v) is 9.44. The van der Waals surface area contributed by atoms with Gasteiger partial charge in [-0.2, -0.15) is 0 Å². The third kappa shape index (κ3) is 2.13. The Kier molecular flexibility index (Phi) is 3.58. The van der Waals surface area contributed by atoms with Crippen molar-refractivity contribution in [3.63, 3.8) is 0 Å². The van der Waals surface area contributed by atoms with Crippen LogP contribution in [0.3, 0.4) is 0 Å². The van der Waals surface area contributed by atoms with Gasteiger partial charge in [0.25, 0.3) is 0 Å². The van der Waals surface area contributed by atoms with Crippen LogP contribution in [0.25, 0.3) is 0 Å². The van der Waals surface area contributed by atoms with Crippen molar-refractivity contribution >= 4 is 5.78 Å². The average molecular weight is 316 g/mol. The highest BCUT2D eigenvalue weighted by molar-refractivity contribution is 5.79. The highest BCUT2D eigenvalue weighted by Crippen LogP contribution is 2.66. The number of Topliss-reactive ketones (excluding diaryl/α,β-unsaturated/α-hetero) is 1. The standard InChI is InChI=1S/C21H32O2/c1-13(22)17-6-7-18-16-5-4-14-12-15(23)8-10-20(14,2)19(16)9-11-21(17,18)3/h4,15-19,23H,5-12H2,1-3H3/t15-,16+,17+,18+,19+,20-,21+/m0/s1. The number of rotatable bonds is 1. The molecular weight excluding hydrogens is 284 g/mol. The lowest BCUT2D eigenvalue weighted by Crippen LogP contribution is -2.50. The largest absolute Gasteiger partial charge is 0.393 e. The third-order valence-corrected chi connectivity index (χ3v) is 8.57. The van der Waals surface area contributed by atoms with E-state index in [2.05, 4.69) is 19.9 Å². The summed E-state index contributed by atoms with van der Waals surface area (Å²) in [6.45, 7) is 6.70. The van der Waals surface area contributed by atoms with E-state index in [1.54, 1.807) is 5.57 Å². The lowest BCUT2D eigenvalue weighted by Gasteiger charge is -2.57. The molecule has 0 heterocycles. The van der Waals surface area contributed by atoms with Gasteiger partial charge < -0.3 is 5.11 Å². The zero-order valence-corrected chi connectivity index (χ0v) is 15.0. The summed E-state index contributed by atoms with van der Waals surface area (Å²) < 4.78 is 0. The second-order valence-electron chi connectivity index (χ2n) is 9.44. The number of carbonyl (C=O) groups is 1. The monoisotopic (exact) mass is 316 g/mol. The molecule has 0 bridgehead atoms. The van der Waals surface area contributed by atoms with Crippen LogP contribution in [0.15, 0.2) is 11.6 Å². The van der Waals surface area contributed by atoms with Crippen LogP contribution in [0.5, 0.6) is 0 Å². The smallest absolute Gasteiger partial charge is 0.133 e. The molecule has 1 N–H and O–H groups in total. The Balaban J connectivity index is 1.66.